The fraction of sp³-hybridized carbons (Fsp3) is 0.571. The van der Waals surface area contributed by atoms with E-state index < -0.39 is 12.5 Å². The van der Waals surface area contributed by atoms with Crippen molar-refractivity contribution in [2.75, 3.05) is 7.11 Å². The van der Waals surface area contributed by atoms with Crippen molar-refractivity contribution >= 4 is 0 Å². The molecule has 0 aliphatic carbocycles. The number of methoxy groups -OCH3 is 1. The molecule has 0 spiro atoms. The van der Waals surface area contributed by atoms with Gasteiger partial charge in [0.15, 0.2) is 0 Å². The van der Waals surface area contributed by atoms with Crippen LogP contribution < -0.4 is 0 Å². The minimum absolute atomic E-state index is 0.0248. The lowest BCUT2D eigenvalue weighted by molar-refractivity contribution is 0.00278. The molecule has 102 valence electrons. The van der Waals surface area contributed by atoms with Crippen LogP contribution in [-0.4, -0.2) is 17.8 Å². The molecular formula is C14H20F2O2. The van der Waals surface area contributed by atoms with Crippen LogP contribution >= 0.6 is 0 Å². The number of aliphatic hydroxyl groups is 1. The summed E-state index contributed by atoms with van der Waals surface area (Å²) in [4.78, 5) is 0. The van der Waals surface area contributed by atoms with E-state index in [2.05, 4.69) is 0 Å². The van der Waals surface area contributed by atoms with Crippen LogP contribution in [0, 0.1) is 0 Å². The Balaban J connectivity index is 2.59. The van der Waals surface area contributed by atoms with Crippen LogP contribution in [0.2, 0.25) is 0 Å². The summed E-state index contributed by atoms with van der Waals surface area (Å²) in [5.74, 6) is 0. The summed E-state index contributed by atoms with van der Waals surface area (Å²) in [6.45, 7) is 3.89. The van der Waals surface area contributed by atoms with Crippen LogP contribution in [0.1, 0.15) is 50.3 Å². The number of hydrogen-bond acceptors (Lipinski definition) is 2. The van der Waals surface area contributed by atoms with Crippen LogP contribution in [0.15, 0.2) is 24.3 Å². The highest BCUT2D eigenvalue weighted by Crippen LogP contribution is 2.26. The second kappa shape index (κ2) is 6.25. The molecule has 1 unspecified atom stereocenters. The van der Waals surface area contributed by atoms with Gasteiger partial charge in [-0.3, -0.25) is 0 Å². The summed E-state index contributed by atoms with van der Waals surface area (Å²) in [5.41, 5.74) is 0.346. The predicted molar refractivity (Wildman–Crippen MR) is 66.7 cm³/mol. The number of benzene rings is 1. The molecule has 1 rings (SSSR count). The zero-order chi connectivity index (χ0) is 13.8. The number of ether oxygens (including phenoxy) is 1. The van der Waals surface area contributed by atoms with Crippen molar-refractivity contribution < 1.29 is 18.6 Å². The second-order valence-corrected chi connectivity index (χ2v) is 4.99. The van der Waals surface area contributed by atoms with Crippen molar-refractivity contribution in [3.8, 4) is 0 Å². The Morgan fingerprint density at radius 2 is 1.67 bits per heavy atom. The van der Waals surface area contributed by atoms with E-state index in [1.54, 1.807) is 19.2 Å². The molecular weight excluding hydrogens is 238 g/mol. The SMILES string of the molecule is COC(C)(C)CCC(O)c1ccc(C(F)F)cc1. The van der Waals surface area contributed by atoms with Crippen molar-refractivity contribution in [1.29, 1.82) is 0 Å². The normalized spacial score (nSPS) is 13.9. The summed E-state index contributed by atoms with van der Waals surface area (Å²) in [6.07, 6.45) is -1.88. The maximum absolute atomic E-state index is 12.4. The van der Waals surface area contributed by atoms with Gasteiger partial charge in [-0.1, -0.05) is 24.3 Å². The first-order valence-electron chi connectivity index (χ1n) is 5.97. The first-order chi connectivity index (χ1) is 8.35. The van der Waals surface area contributed by atoms with E-state index >= 15 is 0 Å². The van der Waals surface area contributed by atoms with Gasteiger partial charge in [0.2, 0.25) is 0 Å². The van der Waals surface area contributed by atoms with Crippen molar-refractivity contribution in [2.24, 2.45) is 0 Å². The van der Waals surface area contributed by atoms with E-state index in [1.165, 1.54) is 12.1 Å². The summed E-state index contributed by atoms with van der Waals surface area (Å²) < 4.78 is 30.0. The van der Waals surface area contributed by atoms with Gasteiger partial charge in [-0.05, 0) is 32.3 Å². The summed E-state index contributed by atoms with van der Waals surface area (Å²) in [5, 5.41) is 9.97. The van der Waals surface area contributed by atoms with E-state index in [-0.39, 0.29) is 11.2 Å². The Morgan fingerprint density at radius 3 is 2.11 bits per heavy atom. The zero-order valence-corrected chi connectivity index (χ0v) is 11.0. The van der Waals surface area contributed by atoms with Gasteiger partial charge in [-0.25, -0.2) is 8.78 Å². The van der Waals surface area contributed by atoms with Gasteiger partial charge >= 0.3 is 0 Å². The Morgan fingerprint density at radius 1 is 1.17 bits per heavy atom. The fourth-order valence-corrected chi connectivity index (χ4v) is 1.62. The molecule has 0 aliphatic rings. The average Bonchev–Trinajstić information content (AvgIpc) is 2.36. The predicted octanol–water partition coefficient (Wildman–Crippen LogP) is 3.86. The fourth-order valence-electron chi connectivity index (χ4n) is 1.62. The molecule has 0 radical (unpaired) electrons. The second-order valence-electron chi connectivity index (χ2n) is 4.99. The van der Waals surface area contributed by atoms with Crippen molar-refractivity contribution in [1.82, 2.24) is 0 Å². The van der Waals surface area contributed by atoms with Gasteiger partial charge in [0, 0.05) is 12.7 Å². The highest BCUT2D eigenvalue weighted by Gasteiger charge is 2.19. The van der Waals surface area contributed by atoms with Crippen LogP contribution in [0.25, 0.3) is 0 Å². The van der Waals surface area contributed by atoms with Crippen molar-refractivity contribution in [2.45, 2.75) is 44.8 Å². The monoisotopic (exact) mass is 258 g/mol. The smallest absolute Gasteiger partial charge is 0.263 e. The van der Waals surface area contributed by atoms with Crippen molar-refractivity contribution in [3.05, 3.63) is 35.4 Å². The molecule has 1 N–H and O–H groups in total. The lowest BCUT2D eigenvalue weighted by Crippen LogP contribution is -2.23. The molecule has 0 amide bonds. The molecule has 0 aromatic heterocycles. The Labute approximate surface area is 107 Å². The molecule has 1 atom stereocenters. The summed E-state index contributed by atoms with van der Waals surface area (Å²) >= 11 is 0. The van der Waals surface area contributed by atoms with Gasteiger partial charge in [-0.2, -0.15) is 0 Å². The molecule has 2 nitrogen and oxygen atoms in total. The first-order valence-corrected chi connectivity index (χ1v) is 5.97. The number of hydrogen-bond donors (Lipinski definition) is 1. The Kier molecular flexibility index (Phi) is 5.23. The minimum Gasteiger partial charge on any atom is -0.388 e. The van der Waals surface area contributed by atoms with Gasteiger partial charge in [0.05, 0.1) is 11.7 Å². The first kappa shape index (κ1) is 15.1. The maximum Gasteiger partial charge on any atom is 0.263 e. The topological polar surface area (TPSA) is 29.5 Å². The van der Waals surface area contributed by atoms with Crippen LogP contribution in [0.4, 0.5) is 8.78 Å². The summed E-state index contributed by atoms with van der Waals surface area (Å²) in [6, 6.07) is 5.80. The number of halogens is 2. The van der Waals surface area contributed by atoms with E-state index in [9.17, 15) is 13.9 Å². The molecule has 18 heavy (non-hydrogen) atoms. The molecule has 1 aromatic rings. The third kappa shape index (κ3) is 4.35. The highest BCUT2D eigenvalue weighted by molar-refractivity contribution is 5.24. The lowest BCUT2D eigenvalue weighted by atomic mass is 9.96. The standard InChI is InChI=1S/C14H20F2O2/c1-14(2,18-3)9-8-12(17)10-4-6-11(7-5-10)13(15)16/h4-7,12-13,17H,8-9H2,1-3H3. The van der Waals surface area contributed by atoms with Gasteiger partial charge in [0.25, 0.3) is 6.43 Å². The molecule has 0 fully saturated rings. The summed E-state index contributed by atoms with van der Waals surface area (Å²) in [7, 11) is 1.63. The largest absolute Gasteiger partial charge is 0.388 e. The molecule has 1 aromatic carbocycles. The lowest BCUT2D eigenvalue weighted by Gasteiger charge is -2.24. The van der Waals surface area contributed by atoms with Gasteiger partial charge in [-0.15, -0.1) is 0 Å². The quantitative estimate of drug-likeness (QED) is 0.839. The van der Waals surface area contributed by atoms with E-state index in [4.69, 9.17) is 4.74 Å². The maximum atomic E-state index is 12.4. The third-order valence-electron chi connectivity index (χ3n) is 3.15. The average molecular weight is 258 g/mol. The van der Waals surface area contributed by atoms with Crippen LogP contribution in [-0.2, 0) is 4.74 Å². The highest BCUT2D eigenvalue weighted by atomic mass is 19.3. The van der Waals surface area contributed by atoms with Gasteiger partial charge < -0.3 is 9.84 Å². The Hall–Kier alpha value is -1.00. The number of alkyl halides is 2. The molecule has 0 heterocycles. The van der Waals surface area contributed by atoms with Crippen LogP contribution in [0.5, 0.6) is 0 Å². The van der Waals surface area contributed by atoms with Gasteiger partial charge in [0.1, 0.15) is 0 Å². The van der Waals surface area contributed by atoms with E-state index in [0.29, 0.717) is 18.4 Å². The van der Waals surface area contributed by atoms with Crippen LogP contribution in [0.3, 0.4) is 0 Å². The number of aliphatic hydroxyl groups excluding tert-OH is 1. The zero-order valence-electron chi connectivity index (χ0n) is 11.0. The van der Waals surface area contributed by atoms with E-state index in [0.717, 1.165) is 0 Å². The molecule has 0 saturated carbocycles. The Bertz CT molecular complexity index is 361. The van der Waals surface area contributed by atoms with Crippen molar-refractivity contribution in [3.63, 3.8) is 0 Å². The molecule has 4 heteroatoms. The molecule has 0 saturated heterocycles. The molecule has 0 bridgehead atoms. The third-order valence-corrected chi connectivity index (χ3v) is 3.15. The minimum atomic E-state index is -2.47. The van der Waals surface area contributed by atoms with E-state index in [1.807, 2.05) is 13.8 Å². The number of rotatable bonds is 6. The molecule has 0 aliphatic heterocycles.